The Bertz CT molecular complexity index is 527. The van der Waals surface area contributed by atoms with Crippen LogP contribution in [0.2, 0.25) is 0 Å². The number of aromatic nitrogens is 2. The molecule has 0 bridgehead atoms. The standard InChI is InChI=1S/C13H16N2O2/c1-9-2-5-12(17-9)13-14-6-11-4-3-10(8-16)7-15(11)13/h2,5-6,10,16H,3-4,7-8H2,1H3. The van der Waals surface area contributed by atoms with Gasteiger partial charge in [0, 0.05) is 31.0 Å². The van der Waals surface area contributed by atoms with E-state index in [4.69, 9.17) is 4.42 Å². The van der Waals surface area contributed by atoms with Crippen molar-refractivity contribution in [3.8, 4) is 11.6 Å². The number of aliphatic hydroxyl groups excluding tert-OH is 1. The van der Waals surface area contributed by atoms with E-state index in [9.17, 15) is 5.11 Å². The normalized spacial score (nSPS) is 19.3. The summed E-state index contributed by atoms with van der Waals surface area (Å²) >= 11 is 0. The van der Waals surface area contributed by atoms with E-state index >= 15 is 0 Å². The van der Waals surface area contributed by atoms with Crippen LogP contribution in [0, 0.1) is 12.8 Å². The maximum absolute atomic E-state index is 9.26. The molecule has 0 saturated carbocycles. The van der Waals surface area contributed by atoms with Crippen LogP contribution >= 0.6 is 0 Å². The van der Waals surface area contributed by atoms with E-state index in [-0.39, 0.29) is 6.61 Å². The largest absolute Gasteiger partial charge is 0.458 e. The summed E-state index contributed by atoms with van der Waals surface area (Å²) in [4.78, 5) is 4.44. The van der Waals surface area contributed by atoms with E-state index in [1.807, 2.05) is 25.3 Å². The summed E-state index contributed by atoms with van der Waals surface area (Å²) in [7, 11) is 0. The minimum Gasteiger partial charge on any atom is -0.458 e. The number of aliphatic hydroxyl groups is 1. The number of rotatable bonds is 2. The van der Waals surface area contributed by atoms with Crippen LogP contribution in [-0.4, -0.2) is 21.3 Å². The summed E-state index contributed by atoms with van der Waals surface area (Å²) in [5.74, 6) is 2.93. The fraction of sp³-hybridized carbons (Fsp3) is 0.462. The Morgan fingerprint density at radius 3 is 3.12 bits per heavy atom. The Labute approximate surface area is 99.9 Å². The van der Waals surface area contributed by atoms with Crippen molar-refractivity contribution in [2.24, 2.45) is 5.92 Å². The average molecular weight is 232 g/mol. The van der Waals surface area contributed by atoms with Crippen molar-refractivity contribution in [2.45, 2.75) is 26.3 Å². The second-order valence-electron chi connectivity index (χ2n) is 4.68. The van der Waals surface area contributed by atoms with Gasteiger partial charge in [0.2, 0.25) is 0 Å². The van der Waals surface area contributed by atoms with Crippen molar-refractivity contribution in [3.63, 3.8) is 0 Å². The van der Waals surface area contributed by atoms with Gasteiger partial charge in [0.15, 0.2) is 11.6 Å². The van der Waals surface area contributed by atoms with Gasteiger partial charge in [-0.05, 0) is 31.9 Å². The zero-order valence-corrected chi connectivity index (χ0v) is 9.89. The van der Waals surface area contributed by atoms with Gasteiger partial charge >= 0.3 is 0 Å². The number of imidazole rings is 1. The van der Waals surface area contributed by atoms with Crippen LogP contribution in [-0.2, 0) is 13.0 Å². The molecule has 90 valence electrons. The zero-order chi connectivity index (χ0) is 11.8. The molecule has 1 aliphatic rings. The SMILES string of the molecule is Cc1ccc(-c2ncc3n2CC(CO)CC3)o1. The molecule has 0 aliphatic carbocycles. The molecule has 0 saturated heterocycles. The monoisotopic (exact) mass is 232 g/mol. The maximum Gasteiger partial charge on any atom is 0.176 e. The minimum absolute atomic E-state index is 0.244. The van der Waals surface area contributed by atoms with Gasteiger partial charge in [-0.1, -0.05) is 0 Å². The quantitative estimate of drug-likeness (QED) is 0.861. The average Bonchev–Trinajstić information content (AvgIpc) is 2.93. The molecule has 1 aliphatic heterocycles. The first-order valence-electron chi connectivity index (χ1n) is 6.00. The molecule has 0 fully saturated rings. The van der Waals surface area contributed by atoms with E-state index in [1.165, 1.54) is 5.69 Å². The van der Waals surface area contributed by atoms with E-state index in [0.29, 0.717) is 5.92 Å². The lowest BCUT2D eigenvalue weighted by Crippen LogP contribution is -2.22. The third-order valence-electron chi connectivity index (χ3n) is 3.41. The van der Waals surface area contributed by atoms with Crippen molar-refractivity contribution in [1.82, 2.24) is 9.55 Å². The predicted octanol–water partition coefficient (Wildman–Crippen LogP) is 2.01. The second-order valence-corrected chi connectivity index (χ2v) is 4.68. The van der Waals surface area contributed by atoms with Crippen molar-refractivity contribution >= 4 is 0 Å². The van der Waals surface area contributed by atoms with Gasteiger partial charge in [-0.3, -0.25) is 0 Å². The lowest BCUT2D eigenvalue weighted by Gasteiger charge is -2.23. The number of aryl methyl sites for hydroxylation is 2. The van der Waals surface area contributed by atoms with Crippen LogP contribution in [0.4, 0.5) is 0 Å². The summed E-state index contributed by atoms with van der Waals surface area (Å²) in [6.07, 6.45) is 3.94. The summed E-state index contributed by atoms with van der Waals surface area (Å²) in [5, 5.41) is 9.26. The van der Waals surface area contributed by atoms with E-state index < -0.39 is 0 Å². The molecular formula is C13H16N2O2. The van der Waals surface area contributed by atoms with E-state index in [2.05, 4.69) is 9.55 Å². The van der Waals surface area contributed by atoms with Crippen LogP contribution < -0.4 is 0 Å². The Morgan fingerprint density at radius 2 is 2.41 bits per heavy atom. The van der Waals surface area contributed by atoms with Crippen LogP contribution in [0.25, 0.3) is 11.6 Å². The molecule has 17 heavy (non-hydrogen) atoms. The molecule has 3 heterocycles. The van der Waals surface area contributed by atoms with Gasteiger partial charge in [0.25, 0.3) is 0 Å². The molecule has 4 heteroatoms. The Kier molecular flexibility index (Phi) is 2.52. The van der Waals surface area contributed by atoms with Gasteiger partial charge in [-0.15, -0.1) is 0 Å². The highest BCUT2D eigenvalue weighted by molar-refractivity contribution is 5.49. The predicted molar refractivity (Wildman–Crippen MR) is 63.6 cm³/mol. The first kappa shape index (κ1) is 10.6. The summed E-state index contributed by atoms with van der Waals surface area (Å²) in [6.45, 7) is 3.01. The van der Waals surface area contributed by atoms with Crippen molar-refractivity contribution in [2.75, 3.05) is 6.61 Å². The lowest BCUT2D eigenvalue weighted by atomic mass is 9.99. The highest BCUT2D eigenvalue weighted by Crippen LogP contribution is 2.27. The van der Waals surface area contributed by atoms with Gasteiger partial charge in [-0.25, -0.2) is 4.98 Å². The third kappa shape index (κ3) is 1.78. The first-order chi connectivity index (χ1) is 8.28. The van der Waals surface area contributed by atoms with Gasteiger partial charge in [-0.2, -0.15) is 0 Å². The van der Waals surface area contributed by atoms with Crippen LogP contribution in [0.15, 0.2) is 22.7 Å². The molecule has 1 unspecified atom stereocenters. The number of hydrogen-bond donors (Lipinski definition) is 1. The van der Waals surface area contributed by atoms with Crippen LogP contribution in [0.3, 0.4) is 0 Å². The Balaban J connectivity index is 2.00. The molecule has 1 N–H and O–H groups in total. The first-order valence-corrected chi connectivity index (χ1v) is 6.00. The topological polar surface area (TPSA) is 51.2 Å². The molecule has 3 rings (SSSR count). The molecule has 4 nitrogen and oxygen atoms in total. The number of nitrogens with zero attached hydrogens (tertiary/aromatic N) is 2. The van der Waals surface area contributed by atoms with Crippen molar-refractivity contribution in [1.29, 1.82) is 0 Å². The van der Waals surface area contributed by atoms with Crippen LogP contribution in [0.5, 0.6) is 0 Å². The van der Waals surface area contributed by atoms with Crippen molar-refractivity contribution in [3.05, 3.63) is 29.8 Å². The minimum atomic E-state index is 0.244. The molecule has 0 spiro atoms. The van der Waals surface area contributed by atoms with Gasteiger partial charge in [0.05, 0.1) is 0 Å². The molecule has 0 radical (unpaired) electrons. The lowest BCUT2D eigenvalue weighted by molar-refractivity contribution is 0.192. The van der Waals surface area contributed by atoms with E-state index in [0.717, 1.165) is 36.7 Å². The molecular weight excluding hydrogens is 216 g/mol. The zero-order valence-electron chi connectivity index (χ0n) is 9.89. The number of fused-ring (bicyclic) bond motifs is 1. The highest BCUT2D eigenvalue weighted by Gasteiger charge is 2.22. The fourth-order valence-electron chi connectivity index (χ4n) is 2.42. The highest BCUT2D eigenvalue weighted by atomic mass is 16.3. The van der Waals surface area contributed by atoms with E-state index in [1.54, 1.807) is 0 Å². The summed E-state index contributed by atoms with van der Waals surface area (Å²) in [6, 6.07) is 3.90. The smallest absolute Gasteiger partial charge is 0.176 e. The molecule has 0 amide bonds. The maximum atomic E-state index is 9.26. The van der Waals surface area contributed by atoms with Crippen molar-refractivity contribution < 1.29 is 9.52 Å². The molecule has 2 aromatic rings. The number of furan rings is 1. The Morgan fingerprint density at radius 1 is 1.53 bits per heavy atom. The molecule has 1 atom stereocenters. The Hall–Kier alpha value is -1.55. The second kappa shape index (κ2) is 4.04. The number of hydrogen-bond acceptors (Lipinski definition) is 3. The fourth-order valence-corrected chi connectivity index (χ4v) is 2.42. The third-order valence-corrected chi connectivity index (χ3v) is 3.41. The summed E-state index contributed by atoms with van der Waals surface area (Å²) in [5.41, 5.74) is 1.23. The molecule has 0 aromatic carbocycles. The molecule has 2 aromatic heterocycles. The summed E-state index contributed by atoms with van der Waals surface area (Å²) < 4.78 is 7.79. The van der Waals surface area contributed by atoms with Gasteiger partial charge in [0.1, 0.15) is 5.76 Å². The van der Waals surface area contributed by atoms with Crippen LogP contribution in [0.1, 0.15) is 17.9 Å². The van der Waals surface area contributed by atoms with Gasteiger partial charge < -0.3 is 14.1 Å².